The van der Waals surface area contributed by atoms with Crippen molar-refractivity contribution >= 4 is 27.3 Å². The molecule has 0 bridgehead atoms. The third kappa shape index (κ3) is 4.88. The molecule has 210 valence electrons. The number of rotatable bonds is 4. The highest BCUT2D eigenvalue weighted by Crippen LogP contribution is 2.55. The number of benzene rings is 2. The molecule has 6 nitrogen and oxygen atoms in total. The smallest absolute Gasteiger partial charge is 0.349 e. The molecule has 2 fully saturated rings. The first kappa shape index (κ1) is 29.6. The normalized spacial score (nSPS) is 28.6. The molecule has 4 rings (SSSR count). The number of ether oxygens (including phenoxy) is 1. The average Bonchev–Trinajstić information content (AvgIpc) is 2.83. The third-order valence-electron chi connectivity index (χ3n) is 8.09. The molecule has 2 aromatic rings. The molecule has 0 aliphatic carbocycles. The predicted octanol–water partition coefficient (Wildman–Crippen LogP) is 4.47. The summed E-state index contributed by atoms with van der Waals surface area (Å²) in [5.74, 6) is 0. The van der Waals surface area contributed by atoms with Gasteiger partial charge in [0.15, 0.2) is 6.29 Å². The molecule has 8 heteroatoms. The van der Waals surface area contributed by atoms with Crippen LogP contribution in [-0.4, -0.2) is 64.4 Å². The van der Waals surface area contributed by atoms with Gasteiger partial charge in [-0.25, -0.2) is 0 Å². The van der Waals surface area contributed by atoms with E-state index in [1.165, 1.54) is 0 Å². The summed E-state index contributed by atoms with van der Waals surface area (Å²) in [4.78, 5) is 0. The van der Waals surface area contributed by atoms with Crippen LogP contribution in [0, 0.1) is 0 Å². The molecule has 38 heavy (non-hydrogen) atoms. The summed E-state index contributed by atoms with van der Waals surface area (Å²) >= 11 is 0. The van der Waals surface area contributed by atoms with Gasteiger partial charge in [-0.2, -0.15) is 0 Å². The molecular formula is C30H46O6Si2. The zero-order valence-corrected chi connectivity index (χ0v) is 26.4. The highest BCUT2D eigenvalue weighted by atomic mass is 28.4. The lowest BCUT2D eigenvalue weighted by Crippen LogP contribution is -2.75. The minimum atomic E-state index is -3.05. The molecule has 2 heterocycles. The quantitative estimate of drug-likeness (QED) is 0.540. The van der Waals surface area contributed by atoms with Crippen molar-refractivity contribution in [2.24, 2.45) is 0 Å². The van der Waals surface area contributed by atoms with E-state index >= 15 is 0 Å². The van der Waals surface area contributed by atoms with E-state index in [2.05, 4.69) is 86.6 Å². The largest absolute Gasteiger partial charge is 0.399 e. The van der Waals surface area contributed by atoms with Gasteiger partial charge in [-0.05, 0) is 15.4 Å². The average molecular weight is 559 g/mol. The van der Waals surface area contributed by atoms with Gasteiger partial charge in [0.25, 0.3) is 8.32 Å². The predicted molar refractivity (Wildman–Crippen MR) is 155 cm³/mol. The second-order valence-electron chi connectivity index (χ2n) is 13.8. The minimum absolute atomic E-state index is 0.251. The van der Waals surface area contributed by atoms with Gasteiger partial charge in [-0.3, -0.25) is 0 Å². The molecule has 2 aliphatic heterocycles. The van der Waals surface area contributed by atoms with Gasteiger partial charge < -0.3 is 28.2 Å². The van der Waals surface area contributed by atoms with Crippen LogP contribution in [0.4, 0.5) is 0 Å². The summed E-state index contributed by atoms with van der Waals surface area (Å²) < 4.78 is 27.0. The van der Waals surface area contributed by atoms with Crippen molar-refractivity contribution in [2.75, 3.05) is 6.61 Å². The fourth-order valence-corrected chi connectivity index (χ4v) is 16.2. The van der Waals surface area contributed by atoms with Gasteiger partial charge in [0.1, 0.15) is 24.4 Å². The minimum Gasteiger partial charge on any atom is -0.399 e. The molecule has 5 atom stereocenters. The number of aliphatic hydroxyl groups is 2. The molecule has 2 N–H and O–H groups in total. The number of fused-ring (bicyclic) bond motifs is 1. The Morgan fingerprint density at radius 2 is 1.26 bits per heavy atom. The highest BCUT2D eigenvalue weighted by molar-refractivity contribution is 6.99. The van der Waals surface area contributed by atoms with Gasteiger partial charge in [0.2, 0.25) is 0 Å². The molecule has 1 unspecified atom stereocenters. The summed E-state index contributed by atoms with van der Waals surface area (Å²) in [7, 11) is -5.96. The summed E-state index contributed by atoms with van der Waals surface area (Å²) in [6.07, 6.45) is -4.63. The standard InChI is InChI=1S/C30H46O6Si2/c1-28(2,3)37(21-16-12-10-13-17-21,22-18-14-11-15-19-22)35-26-24(31)27(32)34-23-20-33-38(29(4,5)6,30(7,8)9)36-25(23)26/h10-19,23-27,31-32H,20H2,1-9H3/t23-,24-,25-,26-,27?/m1/s1. The van der Waals surface area contributed by atoms with E-state index in [4.69, 9.17) is 18.0 Å². The van der Waals surface area contributed by atoms with E-state index in [-0.39, 0.29) is 21.7 Å². The topological polar surface area (TPSA) is 77.4 Å². The summed E-state index contributed by atoms with van der Waals surface area (Å²) in [5.41, 5.74) is 0. The van der Waals surface area contributed by atoms with Gasteiger partial charge in [-0.1, -0.05) is 123 Å². The van der Waals surface area contributed by atoms with Crippen molar-refractivity contribution in [3.63, 3.8) is 0 Å². The summed E-state index contributed by atoms with van der Waals surface area (Å²) in [6.45, 7) is 19.9. The van der Waals surface area contributed by atoms with Crippen molar-refractivity contribution in [3.05, 3.63) is 60.7 Å². The van der Waals surface area contributed by atoms with Crippen LogP contribution < -0.4 is 10.4 Å². The van der Waals surface area contributed by atoms with Gasteiger partial charge in [0.05, 0.1) is 6.61 Å². The Morgan fingerprint density at radius 3 is 1.68 bits per heavy atom. The van der Waals surface area contributed by atoms with Crippen LogP contribution in [0.25, 0.3) is 0 Å². The molecule has 0 radical (unpaired) electrons. The lowest BCUT2D eigenvalue weighted by Gasteiger charge is -2.58. The van der Waals surface area contributed by atoms with Gasteiger partial charge in [-0.15, -0.1) is 0 Å². The fourth-order valence-electron chi connectivity index (χ4n) is 6.55. The van der Waals surface area contributed by atoms with Crippen LogP contribution in [0.15, 0.2) is 60.7 Å². The molecule has 2 aliphatic rings. The monoisotopic (exact) mass is 558 g/mol. The maximum atomic E-state index is 11.5. The molecule has 2 aromatic carbocycles. The number of hydrogen-bond donors (Lipinski definition) is 2. The lowest BCUT2D eigenvalue weighted by molar-refractivity contribution is -0.292. The lowest BCUT2D eigenvalue weighted by atomic mass is 9.99. The Hall–Kier alpha value is -1.37. The fraction of sp³-hybridized carbons (Fsp3) is 0.600. The Morgan fingerprint density at radius 1 is 0.789 bits per heavy atom. The third-order valence-corrected chi connectivity index (χ3v) is 18.2. The van der Waals surface area contributed by atoms with Crippen LogP contribution in [0.1, 0.15) is 62.3 Å². The van der Waals surface area contributed by atoms with Gasteiger partial charge >= 0.3 is 8.56 Å². The van der Waals surface area contributed by atoms with E-state index in [1.54, 1.807) is 0 Å². The summed E-state index contributed by atoms with van der Waals surface area (Å²) in [6, 6.07) is 20.7. The van der Waals surface area contributed by atoms with Crippen LogP contribution in [0.2, 0.25) is 15.1 Å². The zero-order chi connectivity index (χ0) is 28.1. The Labute approximate surface area is 230 Å². The molecule has 0 saturated carbocycles. The SMILES string of the molecule is CC(C)(C)[Si](O[C@H]1[C@@H]2O[Si](C(C)(C)C)(C(C)(C)C)OC[C@H]2OC(O)[C@@H]1O)(c1ccccc1)c1ccccc1. The molecule has 2 saturated heterocycles. The zero-order valence-electron chi connectivity index (χ0n) is 24.4. The van der Waals surface area contributed by atoms with Gasteiger partial charge in [0, 0.05) is 10.1 Å². The van der Waals surface area contributed by atoms with Crippen molar-refractivity contribution in [1.82, 2.24) is 0 Å². The van der Waals surface area contributed by atoms with E-state index in [1.807, 2.05) is 36.4 Å². The van der Waals surface area contributed by atoms with Crippen LogP contribution in [0.5, 0.6) is 0 Å². The number of hydrogen-bond acceptors (Lipinski definition) is 6. The van der Waals surface area contributed by atoms with Crippen molar-refractivity contribution in [3.8, 4) is 0 Å². The second-order valence-corrected chi connectivity index (χ2v) is 22.8. The Bertz CT molecular complexity index is 1020. The Balaban J connectivity index is 1.89. The van der Waals surface area contributed by atoms with E-state index in [0.29, 0.717) is 0 Å². The van der Waals surface area contributed by atoms with Crippen LogP contribution in [0.3, 0.4) is 0 Å². The first-order chi connectivity index (χ1) is 17.6. The number of aliphatic hydroxyl groups excluding tert-OH is 2. The van der Waals surface area contributed by atoms with Crippen molar-refractivity contribution < 1.29 is 28.2 Å². The van der Waals surface area contributed by atoms with E-state index < -0.39 is 47.6 Å². The Kier molecular flexibility index (Phi) is 7.97. The van der Waals surface area contributed by atoms with Crippen molar-refractivity contribution in [1.29, 1.82) is 0 Å². The molecule has 0 amide bonds. The molecule has 0 spiro atoms. The first-order valence-corrected chi connectivity index (χ1v) is 17.4. The first-order valence-electron chi connectivity index (χ1n) is 13.7. The van der Waals surface area contributed by atoms with Crippen molar-refractivity contribution in [2.45, 2.75) is 108 Å². The van der Waals surface area contributed by atoms with Crippen LogP contribution >= 0.6 is 0 Å². The maximum Gasteiger partial charge on any atom is 0.349 e. The van der Waals surface area contributed by atoms with E-state index in [0.717, 1.165) is 10.4 Å². The molecular weight excluding hydrogens is 512 g/mol. The van der Waals surface area contributed by atoms with E-state index in [9.17, 15) is 10.2 Å². The summed E-state index contributed by atoms with van der Waals surface area (Å²) in [5, 5.41) is 23.7. The maximum absolute atomic E-state index is 11.5. The highest BCUT2D eigenvalue weighted by Gasteiger charge is 2.66. The second kappa shape index (κ2) is 10.2. The van der Waals surface area contributed by atoms with Crippen LogP contribution in [-0.2, 0) is 18.0 Å². The molecule has 0 aromatic heterocycles.